The van der Waals surface area contributed by atoms with Crippen LogP contribution in [0.4, 0.5) is 34.1 Å². The Morgan fingerprint density at radius 2 is 0.703 bits per heavy atom. The molecule has 4 aliphatic rings. The number of nitrogens with zero attached hydrogens (tertiary/aromatic N) is 2. The molecule has 0 radical (unpaired) electrons. The summed E-state index contributed by atoms with van der Waals surface area (Å²) >= 11 is 0. The fourth-order valence-electron chi connectivity index (χ4n) is 13.6. The highest BCUT2D eigenvalue weighted by molar-refractivity contribution is 7.00. The number of fused-ring (bicyclic) bond motifs is 16. The Morgan fingerprint density at radius 1 is 0.324 bits per heavy atom. The molecule has 15 rings (SSSR count). The highest BCUT2D eigenvalue weighted by atomic mass is 15.2. The van der Waals surface area contributed by atoms with Crippen LogP contribution in [0.1, 0.15) is 74.9 Å². The number of benzene rings is 11. The van der Waals surface area contributed by atoms with Gasteiger partial charge in [-0.2, -0.15) is 0 Å². The zero-order valence-corrected chi connectivity index (χ0v) is 42.8. The summed E-state index contributed by atoms with van der Waals surface area (Å²) < 4.78 is 0. The lowest BCUT2D eigenvalue weighted by molar-refractivity contribution is 0.590. The standard InChI is InChI=1S/C71H55BN2/c1-69(2,3)50-28-32-52(33-29-50)73-64-40-46-19-9-7-17-44(46)38-62(64)72-63-39-45-18-8-10-20-47(45)41-65(63)74(53-34-30-51(31-35-53)70(4,5)6)67-43-49(42-66(73)68(67)72)48-27-36-57-56-23-13-16-26-60(56)71(61(57)37-48)58-24-14-11-21-54(58)55-22-12-15-25-59(55)71/h7-43H,1-6H3. The van der Waals surface area contributed by atoms with Gasteiger partial charge in [-0.05, 0) is 170 Å². The second-order valence-corrected chi connectivity index (χ2v) is 23.3. The minimum absolute atomic E-state index is 0.0131. The maximum absolute atomic E-state index is 2.59. The largest absolute Gasteiger partial charge is 0.311 e. The van der Waals surface area contributed by atoms with Gasteiger partial charge in [0.1, 0.15) is 0 Å². The number of hydrogen-bond acceptors (Lipinski definition) is 2. The molecule has 0 saturated carbocycles. The van der Waals surface area contributed by atoms with Crippen molar-refractivity contribution in [2.45, 2.75) is 57.8 Å². The van der Waals surface area contributed by atoms with E-state index in [9.17, 15) is 0 Å². The summed E-state index contributed by atoms with van der Waals surface area (Å²) in [6, 6.07) is 86.4. The summed E-state index contributed by atoms with van der Waals surface area (Å²) in [6.07, 6.45) is 0. The van der Waals surface area contributed by atoms with Gasteiger partial charge in [-0.1, -0.05) is 211 Å². The first-order chi connectivity index (χ1) is 35.9. The van der Waals surface area contributed by atoms with Crippen molar-refractivity contribution in [3.8, 4) is 33.4 Å². The van der Waals surface area contributed by atoms with Crippen molar-refractivity contribution in [3.63, 3.8) is 0 Å². The van der Waals surface area contributed by atoms with Crippen molar-refractivity contribution in [1.29, 1.82) is 0 Å². The van der Waals surface area contributed by atoms with Gasteiger partial charge in [0.15, 0.2) is 0 Å². The van der Waals surface area contributed by atoms with Gasteiger partial charge in [-0.25, -0.2) is 0 Å². The summed E-state index contributed by atoms with van der Waals surface area (Å²) in [7, 11) is 0. The molecule has 11 aromatic carbocycles. The Balaban J connectivity index is 1.05. The highest BCUT2D eigenvalue weighted by Crippen LogP contribution is 2.63. The minimum Gasteiger partial charge on any atom is -0.311 e. The molecule has 0 amide bonds. The third-order valence-electron chi connectivity index (χ3n) is 17.1. The third kappa shape index (κ3) is 6.01. The van der Waals surface area contributed by atoms with Crippen LogP contribution in [0.15, 0.2) is 224 Å². The average Bonchev–Trinajstić information content (AvgIpc) is 4.10. The maximum atomic E-state index is 2.59. The monoisotopic (exact) mass is 946 g/mol. The van der Waals surface area contributed by atoms with E-state index in [0.717, 1.165) is 11.4 Å². The molecule has 0 saturated heterocycles. The second-order valence-electron chi connectivity index (χ2n) is 23.3. The number of hydrogen-bond donors (Lipinski definition) is 0. The van der Waals surface area contributed by atoms with E-state index in [1.807, 2.05) is 0 Å². The van der Waals surface area contributed by atoms with Gasteiger partial charge in [0.2, 0.25) is 0 Å². The van der Waals surface area contributed by atoms with Crippen LogP contribution in [-0.2, 0) is 16.2 Å². The molecule has 3 heteroatoms. The molecular weight excluding hydrogens is 892 g/mol. The van der Waals surface area contributed by atoms with Crippen LogP contribution in [0.5, 0.6) is 0 Å². The van der Waals surface area contributed by atoms with Crippen LogP contribution < -0.4 is 26.2 Å². The van der Waals surface area contributed by atoms with Gasteiger partial charge in [0.05, 0.1) is 5.41 Å². The Bertz CT molecular complexity index is 3930. The highest BCUT2D eigenvalue weighted by Gasteiger charge is 2.52. The van der Waals surface area contributed by atoms with Crippen LogP contribution in [0.3, 0.4) is 0 Å². The Labute approximate surface area is 435 Å². The van der Waals surface area contributed by atoms with Crippen LogP contribution in [0, 0.1) is 0 Å². The normalized spacial score (nSPS) is 14.4. The first-order valence-corrected chi connectivity index (χ1v) is 26.4. The Morgan fingerprint density at radius 3 is 1.12 bits per heavy atom. The number of rotatable bonds is 3. The molecule has 2 heterocycles. The molecule has 0 unspecified atom stereocenters. The Hall–Kier alpha value is -8.40. The van der Waals surface area contributed by atoms with Crippen molar-refractivity contribution in [2.75, 3.05) is 9.80 Å². The lowest BCUT2D eigenvalue weighted by atomic mass is 9.33. The molecule has 74 heavy (non-hydrogen) atoms. The molecular formula is C71H55BN2. The van der Waals surface area contributed by atoms with E-state index in [2.05, 4.69) is 276 Å². The number of anilines is 6. The van der Waals surface area contributed by atoms with E-state index in [4.69, 9.17) is 0 Å². The van der Waals surface area contributed by atoms with Gasteiger partial charge < -0.3 is 9.80 Å². The van der Waals surface area contributed by atoms with E-state index in [1.165, 1.54) is 127 Å². The van der Waals surface area contributed by atoms with Crippen molar-refractivity contribution < 1.29 is 0 Å². The van der Waals surface area contributed by atoms with Crippen molar-refractivity contribution in [2.24, 2.45) is 0 Å². The summed E-state index contributed by atoms with van der Waals surface area (Å²) in [5, 5.41) is 4.97. The first kappa shape index (κ1) is 43.2. The molecule has 11 aromatic rings. The van der Waals surface area contributed by atoms with Crippen LogP contribution >= 0.6 is 0 Å². The zero-order valence-electron chi connectivity index (χ0n) is 42.8. The molecule has 0 atom stereocenters. The summed E-state index contributed by atoms with van der Waals surface area (Å²) in [6.45, 7) is 13.8. The fourth-order valence-corrected chi connectivity index (χ4v) is 13.6. The molecule has 0 aromatic heterocycles. The van der Waals surface area contributed by atoms with Gasteiger partial charge in [0.25, 0.3) is 6.71 Å². The first-order valence-electron chi connectivity index (χ1n) is 26.4. The summed E-state index contributed by atoms with van der Waals surface area (Å²) in [5.74, 6) is 0. The molecule has 0 bridgehead atoms. The van der Waals surface area contributed by atoms with Gasteiger partial charge in [-0.3, -0.25) is 0 Å². The van der Waals surface area contributed by atoms with Crippen molar-refractivity contribution in [3.05, 3.63) is 258 Å². The van der Waals surface area contributed by atoms with Gasteiger partial charge in [0, 0.05) is 34.1 Å². The van der Waals surface area contributed by atoms with E-state index >= 15 is 0 Å². The lowest BCUT2D eigenvalue weighted by Gasteiger charge is -2.45. The van der Waals surface area contributed by atoms with Crippen molar-refractivity contribution >= 4 is 78.8 Å². The van der Waals surface area contributed by atoms with Crippen LogP contribution in [0.2, 0.25) is 0 Å². The molecule has 0 N–H and O–H groups in total. The molecule has 2 aliphatic carbocycles. The fraction of sp³-hybridized carbons (Fsp3) is 0.127. The maximum Gasteiger partial charge on any atom is 0.252 e. The minimum atomic E-state index is -0.454. The lowest BCUT2D eigenvalue weighted by Crippen LogP contribution is -2.61. The summed E-state index contributed by atoms with van der Waals surface area (Å²) in [5.41, 5.74) is 26.4. The predicted octanol–water partition coefficient (Wildman–Crippen LogP) is 16.7. The van der Waals surface area contributed by atoms with E-state index < -0.39 is 5.41 Å². The molecule has 2 aliphatic heterocycles. The smallest absolute Gasteiger partial charge is 0.252 e. The quantitative estimate of drug-likeness (QED) is 0.163. The molecule has 2 nitrogen and oxygen atoms in total. The van der Waals surface area contributed by atoms with Crippen LogP contribution in [0.25, 0.3) is 54.9 Å². The molecule has 352 valence electrons. The average molecular weight is 947 g/mol. The predicted molar refractivity (Wildman–Crippen MR) is 315 cm³/mol. The molecule has 0 fully saturated rings. The topological polar surface area (TPSA) is 6.48 Å². The van der Waals surface area contributed by atoms with Gasteiger partial charge in [-0.15, -0.1) is 0 Å². The zero-order chi connectivity index (χ0) is 49.8. The van der Waals surface area contributed by atoms with Gasteiger partial charge >= 0.3 is 0 Å². The van der Waals surface area contributed by atoms with Crippen LogP contribution in [-0.4, -0.2) is 6.71 Å². The molecule has 1 spiro atoms. The summed E-state index contributed by atoms with van der Waals surface area (Å²) in [4.78, 5) is 5.18. The Kier molecular flexibility index (Phi) is 8.95. The van der Waals surface area contributed by atoms with E-state index in [-0.39, 0.29) is 17.5 Å². The third-order valence-corrected chi connectivity index (χ3v) is 17.1. The second kappa shape index (κ2) is 15.3. The van der Waals surface area contributed by atoms with E-state index in [1.54, 1.807) is 0 Å². The van der Waals surface area contributed by atoms with Crippen molar-refractivity contribution in [1.82, 2.24) is 0 Å². The van der Waals surface area contributed by atoms with E-state index in [0.29, 0.717) is 0 Å². The SMILES string of the molecule is CC(C)(C)c1ccc(N2c3cc4ccccc4cc3B3c4cc5ccccc5cc4N(c4ccc(C(C)(C)C)cc4)c4cc(-c5ccc6c(c5)C5(c7ccccc7-c7ccccc75)c5ccccc5-6)cc2c43)cc1.